The zero-order chi connectivity index (χ0) is 26.8. The Morgan fingerprint density at radius 3 is 2.54 bits per heavy atom. The Morgan fingerprint density at radius 2 is 1.85 bits per heavy atom. The van der Waals surface area contributed by atoms with E-state index in [9.17, 15) is 14.9 Å². The maximum Gasteiger partial charge on any atom is 0.269 e. The summed E-state index contributed by atoms with van der Waals surface area (Å²) < 4.78 is 19.1. The van der Waals surface area contributed by atoms with Crippen LogP contribution in [0.25, 0.3) is 38.5 Å². The van der Waals surface area contributed by atoms with Crippen LogP contribution in [0, 0.1) is 15.9 Å². The normalized spacial score (nSPS) is 16.4. The Morgan fingerprint density at radius 1 is 1.10 bits per heavy atom. The zero-order valence-electron chi connectivity index (χ0n) is 21.1. The van der Waals surface area contributed by atoms with E-state index in [0.717, 1.165) is 55.8 Å². The van der Waals surface area contributed by atoms with Gasteiger partial charge in [0, 0.05) is 66.9 Å². The first kappa shape index (κ1) is 23.9. The summed E-state index contributed by atoms with van der Waals surface area (Å²) in [5.41, 5.74) is 2.75. The monoisotopic (exact) mass is 545 g/mol. The standard InChI is InChI=1S/C27H24FN7O3S/c1-31-8-10-32(11-9-31)23-13-22-19(12-21(23)28)25(36)20(14-33(22)17-6-7-17)26-29-27-34(30-26)24(15-39-27)16-2-4-18(5-3-16)35(37)38/h2-5,12-15,17H,6-11H2,1H3. The van der Waals surface area contributed by atoms with Gasteiger partial charge >= 0.3 is 0 Å². The van der Waals surface area contributed by atoms with Gasteiger partial charge in [-0.2, -0.15) is 4.98 Å². The molecule has 2 aliphatic rings. The van der Waals surface area contributed by atoms with Crippen molar-refractivity contribution in [2.75, 3.05) is 38.1 Å². The molecule has 1 aliphatic carbocycles. The van der Waals surface area contributed by atoms with E-state index < -0.39 is 10.7 Å². The molecule has 198 valence electrons. The van der Waals surface area contributed by atoms with Crippen molar-refractivity contribution in [3.63, 3.8) is 0 Å². The predicted octanol–water partition coefficient (Wildman–Crippen LogP) is 4.57. The molecule has 2 aromatic carbocycles. The number of nitro benzene ring substituents is 1. The number of hydrogen-bond donors (Lipinski definition) is 0. The quantitative estimate of drug-likeness (QED) is 0.235. The molecule has 1 saturated heterocycles. The van der Waals surface area contributed by atoms with Gasteiger partial charge in [-0.05, 0) is 44.2 Å². The van der Waals surface area contributed by atoms with Crippen molar-refractivity contribution in [1.82, 2.24) is 24.1 Å². The minimum atomic E-state index is -0.442. The first-order chi connectivity index (χ1) is 18.9. The molecule has 0 amide bonds. The van der Waals surface area contributed by atoms with Gasteiger partial charge < -0.3 is 14.4 Å². The molecular formula is C27H24FN7O3S. The second-order valence-corrected chi connectivity index (χ2v) is 11.0. The summed E-state index contributed by atoms with van der Waals surface area (Å²) in [7, 11) is 2.06. The smallest absolute Gasteiger partial charge is 0.269 e. The topological polar surface area (TPSA) is 102 Å². The molecule has 4 heterocycles. The van der Waals surface area contributed by atoms with Gasteiger partial charge in [0.2, 0.25) is 10.4 Å². The molecule has 0 bridgehead atoms. The number of aromatic nitrogens is 4. The highest BCUT2D eigenvalue weighted by atomic mass is 32.1. The molecule has 5 aromatic rings. The van der Waals surface area contributed by atoms with Gasteiger partial charge in [-0.15, -0.1) is 16.4 Å². The second kappa shape index (κ2) is 8.95. The van der Waals surface area contributed by atoms with Crippen LogP contribution >= 0.6 is 11.3 Å². The molecule has 0 spiro atoms. The van der Waals surface area contributed by atoms with Gasteiger partial charge in [0.1, 0.15) is 5.82 Å². The number of piperazine rings is 1. The Balaban J connectivity index is 1.33. The second-order valence-electron chi connectivity index (χ2n) is 10.2. The first-order valence-electron chi connectivity index (χ1n) is 12.8. The number of fused-ring (bicyclic) bond motifs is 2. The Bertz CT molecular complexity index is 1820. The fourth-order valence-corrected chi connectivity index (χ4v) is 6.04. The summed E-state index contributed by atoms with van der Waals surface area (Å²) >= 11 is 1.37. The number of pyridine rings is 1. The van der Waals surface area contributed by atoms with Crippen LogP contribution in [0.15, 0.2) is 52.8 Å². The van der Waals surface area contributed by atoms with E-state index in [1.54, 1.807) is 16.6 Å². The molecule has 7 rings (SSSR count). The number of halogens is 1. The number of non-ortho nitro benzene ring substituents is 1. The molecule has 12 heteroatoms. The number of likely N-dealkylation sites (N-methyl/N-ethyl adjacent to an activating group) is 1. The van der Waals surface area contributed by atoms with Crippen LogP contribution in [0.1, 0.15) is 18.9 Å². The lowest BCUT2D eigenvalue weighted by Gasteiger charge is -2.34. The number of nitrogens with zero attached hydrogens (tertiary/aromatic N) is 7. The van der Waals surface area contributed by atoms with E-state index in [1.807, 2.05) is 17.6 Å². The van der Waals surface area contributed by atoms with Crippen molar-refractivity contribution in [2.24, 2.45) is 0 Å². The highest BCUT2D eigenvalue weighted by Crippen LogP contribution is 2.39. The Kier molecular flexibility index (Phi) is 5.49. The summed E-state index contributed by atoms with van der Waals surface area (Å²) in [5.74, 6) is -0.127. The first-order valence-corrected chi connectivity index (χ1v) is 13.7. The number of nitro groups is 1. The van der Waals surface area contributed by atoms with E-state index in [0.29, 0.717) is 21.6 Å². The maximum absolute atomic E-state index is 15.4. The summed E-state index contributed by atoms with van der Waals surface area (Å²) in [6.45, 7) is 3.18. The number of anilines is 1. The van der Waals surface area contributed by atoms with Gasteiger partial charge in [0.25, 0.3) is 5.69 Å². The third-order valence-electron chi connectivity index (χ3n) is 7.58. The lowest BCUT2D eigenvalue weighted by molar-refractivity contribution is -0.384. The minimum absolute atomic E-state index is 0.00399. The zero-order valence-corrected chi connectivity index (χ0v) is 21.9. The molecule has 0 N–H and O–H groups in total. The molecule has 10 nitrogen and oxygen atoms in total. The van der Waals surface area contributed by atoms with Crippen LogP contribution in [0.5, 0.6) is 0 Å². The lowest BCUT2D eigenvalue weighted by Crippen LogP contribution is -2.44. The van der Waals surface area contributed by atoms with Crippen LogP contribution < -0.4 is 10.3 Å². The molecule has 39 heavy (non-hydrogen) atoms. The Hall–Kier alpha value is -4.16. The average molecular weight is 546 g/mol. The molecule has 1 saturated carbocycles. The largest absolute Gasteiger partial charge is 0.367 e. The van der Waals surface area contributed by atoms with Crippen LogP contribution in [0.4, 0.5) is 15.8 Å². The van der Waals surface area contributed by atoms with Crippen LogP contribution in [-0.2, 0) is 0 Å². The number of hydrogen-bond acceptors (Lipinski definition) is 8. The van der Waals surface area contributed by atoms with Gasteiger partial charge in [-0.25, -0.2) is 8.91 Å². The highest BCUT2D eigenvalue weighted by Gasteiger charge is 2.28. The third kappa shape index (κ3) is 4.07. The van der Waals surface area contributed by atoms with E-state index in [4.69, 9.17) is 0 Å². The van der Waals surface area contributed by atoms with Crippen LogP contribution in [0.2, 0.25) is 0 Å². The number of rotatable bonds is 5. The van der Waals surface area contributed by atoms with Gasteiger partial charge in [-0.3, -0.25) is 14.9 Å². The number of benzene rings is 2. The summed E-state index contributed by atoms with van der Waals surface area (Å²) in [6, 6.07) is 9.66. The lowest BCUT2D eigenvalue weighted by atomic mass is 10.1. The molecule has 3 aromatic heterocycles. The molecule has 0 radical (unpaired) electrons. The summed E-state index contributed by atoms with van der Waals surface area (Å²) in [4.78, 5) is 33.8. The summed E-state index contributed by atoms with van der Waals surface area (Å²) in [6.07, 6.45) is 3.81. The maximum atomic E-state index is 15.4. The third-order valence-corrected chi connectivity index (χ3v) is 8.40. The van der Waals surface area contributed by atoms with Crippen molar-refractivity contribution in [1.29, 1.82) is 0 Å². The van der Waals surface area contributed by atoms with E-state index in [1.165, 1.54) is 29.5 Å². The van der Waals surface area contributed by atoms with Crippen molar-refractivity contribution in [3.05, 3.63) is 74.1 Å². The Labute approximate surface area is 225 Å². The van der Waals surface area contributed by atoms with Crippen molar-refractivity contribution < 1.29 is 9.31 Å². The van der Waals surface area contributed by atoms with Gasteiger partial charge in [0.15, 0.2) is 5.82 Å². The molecule has 0 atom stereocenters. The average Bonchev–Trinajstić information content (AvgIpc) is 3.57. The van der Waals surface area contributed by atoms with E-state index in [2.05, 4.69) is 31.5 Å². The van der Waals surface area contributed by atoms with E-state index >= 15 is 4.39 Å². The minimum Gasteiger partial charge on any atom is -0.367 e. The summed E-state index contributed by atoms with van der Waals surface area (Å²) in [5, 5.41) is 17.9. The van der Waals surface area contributed by atoms with Crippen molar-refractivity contribution in [3.8, 4) is 22.6 Å². The van der Waals surface area contributed by atoms with Gasteiger partial charge in [-0.1, -0.05) is 0 Å². The van der Waals surface area contributed by atoms with E-state index in [-0.39, 0.29) is 23.0 Å². The van der Waals surface area contributed by atoms with Crippen molar-refractivity contribution >= 4 is 38.6 Å². The van der Waals surface area contributed by atoms with Crippen LogP contribution in [0.3, 0.4) is 0 Å². The fraction of sp³-hybridized carbons (Fsp3) is 0.296. The SMILES string of the molecule is CN1CCN(c2cc3c(cc2F)c(=O)c(-c2nc4scc(-c5ccc([N+](=O)[O-])cc5)n4n2)cn3C2CC2)CC1. The molecule has 1 aliphatic heterocycles. The highest BCUT2D eigenvalue weighted by molar-refractivity contribution is 7.15. The number of thiazole rings is 1. The van der Waals surface area contributed by atoms with Crippen LogP contribution in [-0.4, -0.2) is 62.2 Å². The molecule has 0 unspecified atom stereocenters. The fourth-order valence-electron chi connectivity index (χ4n) is 5.21. The predicted molar refractivity (Wildman–Crippen MR) is 148 cm³/mol. The van der Waals surface area contributed by atoms with Crippen molar-refractivity contribution in [2.45, 2.75) is 18.9 Å². The molecule has 2 fully saturated rings. The molecular weight excluding hydrogens is 521 g/mol. The van der Waals surface area contributed by atoms with Gasteiger partial charge in [0.05, 0.1) is 27.4 Å².